The third kappa shape index (κ3) is 0.944. The Morgan fingerprint density at radius 2 is 2.08 bits per heavy atom. The molecule has 0 aromatic heterocycles. The van der Waals surface area contributed by atoms with Crippen molar-refractivity contribution in [2.24, 2.45) is 11.8 Å². The van der Waals surface area contributed by atoms with Gasteiger partial charge in [-0.2, -0.15) is 0 Å². The fourth-order valence-corrected chi connectivity index (χ4v) is 2.70. The lowest BCUT2D eigenvalue weighted by molar-refractivity contribution is -0.129. The summed E-state index contributed by atoms with van der Waals surface area (Å²) in [5.41, 5.74) is 0. The van der Waals surface area contributed by atoms with Gasteiger partial charge in [-0.1, -0.05) is 12.2 Å². The van der Waals surface area contributed by atoms with Gasteiger partial charge in [-0.3, -0.25) is 4.79 Å². The molecule has 70 valence electrons. The first-order valence-electron chi connectivity index (χ1n) is 4.80. The molecule has 0 aromatic carbocycles. The molecule has 4 atom stereocenters. The molecule has 4 unspecified atom stereocenters. The van der Waals surface area contributed by atoms with Crippen LogP contribution in [0, 0.1) is 11.8 Å². The Kier molecular flexibility index (Phi) is 1.58. The maximum Gasteiger partial charge on any atom is 0.168 e. The molecule has 1 heterocycles. The van der Waals surface area contributed by atoms with E-state index in [0.717, 1.165) is 12.8 Å². The Morgan fingerprint density at radius 3 is 3.00 bits per heavy atom. The number of rotatable bonds is 0. The summed E-state index contributed by atoms with van der Waals surface area (Å²) in [7, 11) is 0. The second-order valence-corrected chi connectivity index (χ2v) is 3.95. The van der Waals surface area contributed by atoms with Crippen molar-refractivity contribution in [3.8, 4) is 0 Å². The average Bonchev–Trinajstić information content (AvgIpc) is 2.72. The number of ketones is 1. The Hall–Kier alpha value is -0.670. The quantitative estimate of drug-likeness (QED) is 0.519. The predicted octanol–water partition coefficient (Wildman–Crippen LogP) is 0.893. The van der Waals surface area contributed by atoms with Crippen molar-refractivity contribution >= 4 is 5.78 Å². The molecule has 3 heteroatoms. The van der Waals surface area contributed by atoms with Crippen molar-refractivity contribution in [1.29, 1.82) is 0 Å². The van der Waals surface area contributed by atoms with Crippen molar-refractivity contribution in [1.82, 2.24) is 0 Å². The van der Waals surface area contributed by atoms with Crippen molar-refractivity contribution in [2.75, 3.05) is 6.79 Å². The molecule has 0 radical (unpaired) electrons. The highest BCUT2D eigenvalue weighted by molar-refractivity contribution is 5.89. The van der Waals surface area contributed by atoms with Crippen LogP contribution in [0.4, 0.5) is 0 Å². The smallest absolute Gasteiger partial charge is 0.168 e. The van der Waals surface area contributed by atoms with Gasteiger partial charge < -0.3 is 9.47 Å². The molecule has 1 saturated carbocycles. The van der Waals surface area contributed by atoms with Crippen LogP contribution in [0.3, 0.4) is 0 Å². The van der Waals surface area contributed by atoms with Crippen LogP contribution in [-0.4, -0.2) is 24.8 Å². The molecule has 2 fully saturated rings. The van der Waals surface area contributed by atoms with Crippen molar-refractivity contribution in [2.45, 2.75) is 25.0 Å². The number of carbonyl (C=O) groups excluding carboxylic acids is 1. The molecule has 0 spiro atoms. The topological polar surface area (TPSA) is 35.5 Å². The molecule has 1 aliphatic heterocycles. The van der Waals surface area contributed by atoms with Crippen LogP contribution >= 0.6 is 0 Å². The summed E-state index contributed by atoms with van der Waals surface area (Å²) in [6.07, 6.45) is 5.89. The predicted molar refractivity (Wildman–Crippen MR) is 45.0 cm³/mol. The molecular weight excluding hydrogens is 168 g/mol. The highest BCUT2D eigenvalue weighted by Gasteiger charge is 2.53. The lowest BCUT2D eigenvalue weighted by Gasteiger charge is -2.22. The lowest BCUT2D eigenvalue weighted by Crippen LogP contribution is -2.24. The van der Waals surface area contributed by atoms with Crippen LogP contribution in [-0.2, 0) is 14.3 Å². The summed E-state index contributed by atoms with van der Waals surface area (Å²) in [6.45, 7) is 0.300. The zero-order chi connectivity index (χ0) is 8.84. The molecule has 0 N–H and O–H groups in total. The Labute approximate surface area is 76.7 Å². The minimum Gasteiger partial charge on any atom is -0.349 e. The van der Waals surface area contributed by atoms with Crippen molar-refractivity contribution in [3.63, 3.8) is 0 Å². The van der Waals surface area contributed by atoms with E-state index in [2.05, 4.69) is 12.2 Å². The van der Waals surface area contributed by atoms with Gasteiger partial charge in [0.05, 0.1) is 6.10 Å². The van der Waals surface area contributed by atoms with Crippen LogP contribution in [0.15, 0.2) is 12.2 Å². The van der Waals surface area contributed by atoms with E-state index in [1.165, 1.54) is 0 Å². The van der Waals surface area contributed by atoms with Gasteiger partial charge in [-0.05, 0) is 12.8 Å². The number of allylic oxidation sites excluding steroid dienone is 2. The molecule has 1 saturated heterocycles. The third-order valence-electron chi connectivity index (χ3n) is 3.36. The van der Waals surface area contributed by atoms with Gasteiger partial charge in [-0.25, -0.2) is 0 Å². The third-order valence-corrected chi connectivity index (χ3v) is 3.36. The standard InChI is InChI=1S/C10H12O3/c11-8-6-3-1-2-4-7(6)9-10(8)13-5-12-9/h1-2,6-7,9-10H,3-5H2. The van der Waals surface area contributed by atoms with Crippen molar-refractivity contribution in [3.05, 3.63) is 12.2 Å². The summed E-state index contributed by atoms with van der Waals surface area (Å²) >= 11 is 0. The fourth-order valence-electron chi connectivity index (χ4n) is 2.70. The van der Waals surface area contributed by atoms with Crippen LogP contribution < -0.4 is 0 Å². The molecule has 3 nitrogen and oxygen atoms in total. The minimum atomic E-state index is -0.255. The van der Waals surface area contributed by atoms with Crippen molar-refractivity contribution < 1.29 is 14.3 Å². The zero-order valence-corrected chi connectivity index (χ0v) is 7.31. The van der Waals surface area contributed by atoms with E-state index < -0.39 is 0 Å². The van der Waals surface area contributed by atoms with E-state index in [0.29, 0.717) is 12.7 Å². The van der Waals surface area contributed by atoms with E-state index in [1.54, 1.807) is 0 Å². The summed E-state index contributed by atoms with van der Waals surface area (Å²) in [5.74, 6) is 0.808. The number of hydrogen-bond acceptors (Lipinski definition) is 3. The molecule has 0 bridgehead atoms. The fraction of sp³-hybridized carbons (Fsp3) is 0.700. The highest BCUT2D eigenvalue weighted by Crippen LogP contribution is 2.42. The SMILES string of the molecule is O=C1C2CC=CCC2C2OCOC12. The number of fused-ring (bicyclic) bond motifs is 3. The summed E-state index contributed by atoms with van der Waals surface area (Å²) < 4.78 is 10.7. The van der Waals surface area contributed by atoms with Crippen LogP contribution in [0.5, 0.6) is 0 Å². The second-order valence-electron chi connectivity index (χ2n) is 3.95. The summed E-state index contributed by atoms with van der Waals surface area (Å²) in [4.78, 5) is 11.8. The Balaban J connectivity index is 1.93. The molecule has 3 rings (SSSR count). The molecule has 0 amide bonds. The first-order chi connectivity index (χ1) is 6.38. The minimum absolute atomic E-state index is 0.0439. The van der Waals surface area contributed by atoms with E-state index in [1.807, 2.05) is 0 Å². The van der Waals surface area contributed by atoms with Gasteiger partial charge >= 0.3 is 0 Å². The van der Waals surface area contributed by atoms with Gasteiger partial charge in [0.1, 0.15) is 12.9 Å². The van der Waals surface area contributed by atoms with E-state index in [4.69, 9.17) is 9.47 Å². The largest absolute Gasteiger partial charge is 0.349 e. The average molecular weight is 180 g/mol. The highest BCUT2D eigenvalue weighted by atomic mass is 16.7. The van der Waals surface area contributed by atoms with Gasteiger partial charge in [0.15, 0.2) is 5.78 Å². The van der Waals surface area contributed by atoms with E-state index in [-0.39, 0.29) is 23.9 Å². The maximum absolute atomic E-state index is 11.8. The molecule has 2 aliphatic carbocycles. The number of Topliss-reactive ketones (excluding diaryl/α,β-unsaturated/α-hetero) is 1. The molecular formula is C10H12O3. The number of hydrogen-bond donors (Lipinski definition) is 0. The number of ether oxygens (including phenoxy) is 2. The summed E-state index contributed by atoms with van der Waals surface area (Å²) in [5, 5.41) is 0. The van der Waals surface area contributed by atoms with Crippen LogP contribution in [0.1, 0.15) is 12.8 Å². The van der Waals surface area contributed by atoms with Crippen LogP contribution in [0.25, 0.3) is 0 Å². The summed E-state index contributed by atoms with van der Waals surface area (Å²) in [6, 6.07) is 0. The monoisotopic (exact) mass is 180 g/mol. The molecule has 3 aliphatic rings. The molecule has 0 aromatic rings. The van der Waals surface area contributed by atoms with Gasteiger partial charge in [0.2, 0.25) is 0 Å². The number of carbonyl (C=O) groups is 1. The normalized spacial score (nSPS) is 47.8. The van der Waals surface area contributed by atoms with Gasteiger partial charge in [-0.15, -0.1) is 0 Å². The Morgan fingerprint density at radius 1 is 1.23 bits per heavy atom. The first-order valence-corrected chi connectivity index (χ1v) is 4.80. The van der Waals surface area contributed by atoms with E-state index in [9.17, 15) is 4.79 Å². The maximum atomic E-state index is 11.8. The Bertz CT molecular complexity index is 271. The zero-order valence-electron chi connectivity index (χ0n) is 7.31. The van der Waals surface area contributed by atoms with Gasteiger partial charge in [0, 0.05) is 11.8 Å². The van der Waals surface area contributed by atoms with E-state index >= 15 is 0 Å². The van der Waals surface area contributed by atoms with Crippen LogP contribution in [0.2, 0.25) is 0 Å². The first kappa shape index (κ1) is 7.71. The molecule has 13 heavy (non-hydrogen) atoms. The second kappa shape index (κ2) is 2.66. The van der Waals surface area contributed by atoms with Gasteiger partial charge in [0.25, 0.3) is 0 Å². The lowest BCUT2D eigenvalue weighted by atomic mass is 9.85.